The van der Waals surface area contributed by atoms with Crippen LogP contribution in [0, 0.1) is 12.8 Å². The molecular formula is C31H38N6O6S. The molecule has 2 aliphatic rings. The third kappa shape index (κ3) is 7.33. The van der Waals surface area contributed by atoms with Crippen LogP contribution in [0.1, 0.15) is 88.9 Å². The molecular weight excluding hydrogens is 584 g/mol. The number of fused-ring (bicyclic) bond motifs is 4. The van der Waals surface area contributed by atoms with Crippen LogP contribution in [-0.2, 0) is 20.7 Å². The topological polar surface area (TPSA) is 156 Å². The Labute approximate surface area is 260 Å². The molecule has 12 nitrogen and oxygen atoms in total. The second-order valence-electron chi connectivity index (χ2n) is 11.6. The molecule has 0 unspecified atom stereocenters. The van der Waals surface area contributed by atoms with Crippen molar-refractivity contribution < 1.29 is 28.3 Å². The minimum atomic E-state index is -0.660. The number of oxazole rings is 1. The fourth-order valence-corrected chi connectivity index (χ4v) is 6.18. The normalized spacial score (nSPS) is 23.5. The van der Waals surface area contributed by atoms with E-state index in [9.17, 15) is 19.2 Å². The maximum Gasteiger partial charge on any atom is 0.274 e. The lowest BCUT2D eigenvalue weighted by Gasteiger charge is -2.30. The summed E-state index contributed by atoms with van der Waals surface area (Å²) in [6.07, 6.45) is 1.06. The number of amides is 4. The van der Waals surface area contributed by atoms with Crippen molar-refractivity contribution in [2.45, 2.75) is 71.2 Å². The van der Waals surface area contributed by atoms with E-state index in [1.54, 1.807) is 19.2 Å². The Kier molecular flexibility index (Phi) is 9.74. The molecule has 0 aliphatic carbocycles. The van der Waals surface area contributed by atoms with E-state index < -0.39 is 42.0 Å². The van der Waals surface area contributed by atoms with Crippen LogP contribution in [0.15, 0.2) is 40.1 Å². The number of thiazole rings is 1. The lowest BCUT2D eigenvalue weighted by Crippen LogP contribution is -2.52. The molecule has 5 rings (SSSR count). The predicted molar refractivity (Wildman–Crippen MR) is 162 cm³/mol. The molecule has 1 fully saturated rings. The number of hydrogen-bond acceptors (Lipinski definition) is 9. The summed E-state index contributed by atoms with van der Waals surface area (Å²) in [5.74, 6) is -1.25. The summed E-state index contributed by atoms with van der Waals surface area (Å²) >= 11 is 1.26. The number of hydrogen-bond donors (Lipinski definition) is 3. The molecule has 4 bridgehead atoms. The first-order valence-electron chi connectivity index (χ1n) is 14.9. The van der Waals surface area contributed by atoms with Crippen LogP contribution < -0.4 is 16.0 Å². The molecule has 234 valence electrons. The van der Waals surface area contributed by atoms with Crippen LogP contribution in [0.3, 0.4) is 0 Å². The summed E-state index contributed by atoms with van der Waals surface area (Å²) < 4.78 is 11.6. The van der Waals surface area contributed by atoms with E-state index in [1.165, 1.54) is 16.2 Å². The highest BCUT2D eigenvalue weighted by Crippen LogP contribution is 2.25. The van der Waals surface area contributed by atoms with Gasteiger partial charge in [0.2, 0.25) is 11.8 Å². The van der Waals surface area contributed by atoms with Crippen molar-refractivity contribution in [2.24, 2.45) is 5.92 Å². The Morgan fingerprint density at radius 1 is 1.09 bits per heavy atom. The average molecular weight is 623 g/mol. The van der Waals surface area contributed by atoms with Gasteiger partial charge in [-0.2, -0.15) is 0 Å². The number of nitrogens with one attached hydrogen (secondary N) is 3. The number of benzene rings is 1. The van der Waals surface area contributed by atoms with Crippen molar-refractivity contribution in [1.29, 1.82) is 0 Å². The van der Waals surface area contributed by atoms with Gasteiger partial charge >= 0.3 is 0 Å². The largest absolute Gasteiger partial charge is 0.443 e. The standard InChI is InChI=1S/C31H38N6O6S/c1-17(2)25-29-36-26(19(4)43-29)28(40)32-18(3)30-34-22(16-44-30)27(39)33-21(13-20-9-6-5-7-10-20)14-37(15-24(38)35-25)31(41)23-11-8-12-42-23/h5-7,9-10,16-18,21,23,25H,8,11-15H2,1-4H3,(H,32,40)(H,33,39)(H,35,38)/t18-,21-,23+,25+/m1/s1. The zero-order valence-electron chi connectivity index (χ0n) is 25.3. The van der Waals surface area contributed by atoms with Crippen molar-refractivity contribution in [1.82, 2.24) is 30.8 Å². The van der Waals surface area contributed by atoms with Gasteiger partial charge in [0.05, 0.1) is 18.6 Å². The van der Waals surface area contributed by atoms with Crippen LogP contribution in [0.5, 0.6) is 0 Å². The third-order valence-corrected chi connectivity index (χ3v) is 8.73. The van der Waals surface area contributed by atoms with Gasteiger partial charge in [-0.15, -0.1) is 11.3 Å². The van der Waals surface area contributed by atoms with E-state index in [4.69, 9.17) is 9.15 Å². The van der Waals surface area contributed by atoms with Crippen molar-refractivity contribution >= 4 is 35.0 Å². The quantitative estimate of drug-likeness (QED) is 0.401. The van der Waals surface area contributed by atoms with Gasteiger partial charge in [-0.3, -0.25) is 19.2 Å². The van der Waals surface area contributed by atoms with E-state index in [2.05, 4.69) is 25.9 Å². The first-order chi connectivity index (χ1) is 21.1. The van der Waals surface area contributed by atoms with E-state index >= 15 is 0 Å². The zero-order valence-corrected chi connectivity index (χ0v) is 26.1. The second-order valence-corrected chi connectivity index (χ2v) is 12.5. The van der Waals surface area contributed by atoms with Gasteiger partial charge in [0.25, 0.3) is 17.7 Å². The van der Waals surface area contributed by atoms with Crippen molar-refractivity contribution in [2.75, 3.05) is 19.7 Å². The number of ether oxygens (including phenoxy) is 1. The van der Waals surface area contributed by atoms with Crippen molar-refractivity contribution in [3.63, 3.8) is 0 Å². The monoisotopic (exact) mass is 622 g/mol. The molecule has 2 aliphatic heterocycles. The lowest BCUT2D eigenvalue weighted by molar-refractivity contribution is -0.144. The second kappa shape index (κ2) is 13.7. The smallest absolute Gasteiger partial charge is 0.274 e. The summed E-state index contributed by atoms with van der Waals surface area (Å²) in [7, 11) is 0. The van der Waals surface area contributed by atoms with Crippen LogP contribution in [0.25, 0.3) is 0 Å². The molecule has 44 heavy (non-hydrogen) atoms. The Bertz CT molecular complexity index is 1500. The zero-order chi connectivity index (χ0) is 31.4. The molecule has 13 heteroatoms. The van der Waals surface area contributed by atoms with Crippen molar-refractivity contribution in [3.8, 4) is 0 Å². The lowest BCUT2D eigenvalue weighted by atomic mass is 10.0. The minimum absolute atomic E-state index is 0.0742. The van der Waals surface area contributed by atoms with Crippen LogP contribution in [0.4, 0.5) is 0 Å². The van der Waals surface area contributed by atoms with E-state index in [-0.39, 0.29) is 42.2 Å². The molecule has 1 saturated heterocycles. The number of aromatic nitrogens is 2. The van der Waals surface area contributed by atoms with E-state index in [0.717, 1.165) is 12.0 Å². The fourth-order valence-electron chi connectivity index (χ4n) is 5.38. The molecule has 0 radical (unpaired) electrons. The molecule has 3 aromatic rings. The van der Waals surface area contributed by atoms with Gasteiger partial charge in [0.15, 0.2) is 5.69 Å². The molecule has 4 heterocycles. The molecule has 0 saturated carbocycles. The van der Waals surface area contributed by atoms with Gasteiger partial charge in [0, 0.05) is 18.5 Å². The molecule has 4 atom stereocenters. The van der Waals surface area contributed by atoms with Crippen LogP contribution >= 0.6 is 11.3 Å². The molecule has 0 spiro atoms. The minimum Gasteiger partial charge on any atom is -0.443 e. The van der Waals surface area contributed by atoms with Crippen molar-refractivity contribution in [3.05, 3.63) is 69.3 Å². The SMILES string of the molecule is Cc1oc2nc1C(=O)N[C@H](C)c1nc(cs1)C(=O)N[C@H](Cc1ccccc1)CN(C(=O)[C@@H]1CCCO1)CC(=O)N[C@H]2C(C)C. The third-order valence-electron chi connectivity index (χ3n) is 7.70. The summed E-state index contributed by atoms with van der Waals surface area (Å²) in [5, 5.41) is 11.1. The number of nitrogens with zero attached hydrogens (tertiary/aromatic N) is 3. The van der Waals surface area contributed by atoms with Gasteiger partial charge in [0.1, 0.15) is 28.6 Å². The number of rotatable bonds is 4. The average Bonchev–Trinajstić information content (AvgIpc) is 3.76. The summed E-state index contributed by atoms with van der Waals surface area (Å²) in [6, 6.07) is 7.92. The molecule has 4 amide bonds. The highest BCUT2D eigenvalue weighted by Gasteiger charge is 2.34. The first-order valence-corrected chi connectivity index (χ1v) is 15.7. The van der Waals surface area contributed by atoms with Gasteiger partial charge < -0.3 is 30.0 Å². The van der Waals surface area contributed by atoms with Crippen LogP contribution in [0.2, 0.25) is 0 Å². The van der Waals surface area contributed by atoms with Crippen LogP contribution in [-0.4, -0.2) is 70.3 Å². The Hall–Kier alpha value is -4.10. The van der Waals surface area contributed by atoms with E-state index in [0.29, 0.717) is 30.2 Å². The molecule has 2 aromatic heterocycles. The Balaban J connectivity index is 1.52. The number of carbonyl (C=O) groups excluding carboxylic acids is 4. The Morgan fingerprint density at radius 3 is 2.57 bits per heavy atom. The fraction of sp³-hybridized carbons (Fsp3) is 0.484. The molecule has 1 aromatic carbocycles. The maximum absolute atomic E-state index is 13.7. The van der Waals surface area contributed by atoms with E-state index in [1.807, 2.05) is 44.2 Å². The van der Waals surface area contributed by atoms with Gasteiger partial charge in [-0.05, 0) is 44.6 Å². The van der Waals surface area contributed by atoms with Gasteiger partial charge in [-0.25, -0.2) is 9.97 Å². The Morgan fingerprint density at radius 2 is 1.86 bits per heavy atom. The highest BCUT2D eigenvalue weighted by molar-refractivity contribution is 7.09. The predicted octanol–water partition coefficient (Wildman–Crippen LogP) is 3.11. The summed E-state index contributed by atoms with van der Waals surface area (Å²) in [5.41, 5.74) is 1.25. The number of carbonyl (C=O) groups is 4. The first kappa shape index (κ1) is 31.3. The highest BCUT2D eigenvalue weighted by atomic mass is 32.1. The summed E-state index contributed by atoms with van der Waals surface area (Å²) in [6.45, 7) is 7.49. The summed E-state index contributed by atoms with van der Waals surface area (Å²) in [4.78, 5) is 64.3. The molecule has 3 N–H and O–H groups in total. The maximum atomic E-state index is 13.7. The number of aryl methyl sites for hydroxylation is 1. The van der Waals surface area contributed by atoms with Gasteiger partial charge in [-0.1, -0.05) is 44.2 Å².